The number of halogens is 1. The number of carbonyl (C=O) groups excluding carboxylic acids is 1. The Bertz CT molecular complexity index is 1170. The smallest absolute Gasteiger partial charge is 0.244 e. The Hall–Kier alpha value is -2.61. The fourth-order valence-electron chi connectivity index (χ4n) is 3.50. The van der Waals surface area contributed by atoms with Crippen molar-refractivity contribution < 1.29 is 13.2 Å². The van der Waals surface area contributed by atoms with Crippen LogP contribution in [0.5, 0.6) is 0 Å². The van der Waals surface area contributed by atoms with E-state index in [9.17, 15) is 13.2 Å². The second-order valence-corrected chi connectivity index (χ2v) is 10.4. The van der Waals surface area contributed by atoms with Gasteiger partial charge < -0.3 is 5.32 Å². The van der Waals surface area contributed by atoms with Crippen molar-refractivity contribution in [2.45, 2.75) is 12.5 Å². The van der Waals surface area contributed by atoms with Crippen LogP contribution in [0.2, 0.25) is 5.02 Å². The SMILES string of the molecule is O=C(/C=C/c1ccc(N2CCCS2(=O)=O)cc1)NC(c1ccc(Cl)cc1)c1ccsc1. The van der Waals surface area contributed by atoms with Gasteiger partial charge in [-0.05, 0) is 70.3 Å². The molecule has 1 aliphatic rings. The van der Waals surface area contributed by atoms with E-state index >= 15 is 0 Å². The monoisotopic (exact) mass is 472 g/mol. The zero-order chi connectivity index (χ0) is 21.8. The van der Waals surface area contributed by atoms with Crippen LogP contribution in [0.25, 0.3) is 6.08 Å². The molecule has 8 heteroatoms. The van der Waals surface area contributed by atoms with Crippen LogP contribution in [0.1, 0.15) is 29.2 Å². The number of benzene rings is 2. The van der Waals surface area contributed by atoms with Crippen molar-refractivity contribution >= 4 is 50.6 Å². The molecule has 0 bridgehead atoms. The molecule has 0 radical (unpaired) electrons. The molecule has 1 aliphatic heterocycles. The van der Waals surface area contributed by atoms with Crippen LogP contribution >= 0.6 is 22.9 Å². The van der Waals surface area contributed by atoms with Crippen molar-refractivity contribution in [3.63, 3.8) is 0 Å². The van der Waals surface area contributed by atoms with Gasteiger partial charge in [0.15, 0.2) is 0 Å². The summed E-state index contributed by atoms with van der Waals surface area (Å²) in [6, 6.07) is 16.3. The summed E-state index contributed by atoms with van der Waals surface area (Å²) in [4.78, 5) is 12.6. The van der Waals surface area contributed by atoms with Crippen LogP contribution in [0.15, 0.2) is 71.4 Å². The van der Waals surface area contributed by atoms with E-state index in [0.29, 0.717) is 23.7 Å². The van der Waals surface area contributed by atoms with E-state index in [-0.39, 0.29) is 17.7 Å². The predicted molar refractivity (Wildman–Crippen MR) is 127 cm³/mol. The highest BCUT2D eigenvalue weighted by Gasteiger charge is 2.28. The van der Waals surface area contributed by atoms with E-state index in [4.69, 9.17) is 11.6 Å². The minimum Gasteiger partial charge on any atom is -0.342 e. The van der Waals surface area contributed by atoms with E-state index in [1.54, 1.807) is 41.7 Å². The van der Waals surface area contributed by atoms with E-state index < -0.39 is 10.0 Å². The third kappa shape index (κ3) is 5.18. The molecular formula is C23H21ClN2O3S2. The van der Waals surface area contributed by atoms with Crippen molar-refractivity contribution in [2.24, 2.45) is 0 Å². The minimum atomic E-state index is -3.20. The Morgan fingerprint density at radius 3 is 2.42 bits per heavy atom. The van der Waals surface area contributed by atoms with Gasteiger partial charge in [0, 0.05) is 17.6 Å². The average Bonchev–Trinajstić information content (AvgIpc) is 3.41. The number of thiophene rings is 1. The number of anilines is 1. The highest BCUT2D eigenvalue weighted by atomic mass is 35.5. The maximum absolute atomic E-state index is 12.6. The maximum Gasteiger partial charge on any atom is 0.244 e. The molecule has 0 spiro atoms. The van der Waals surface area contributed by atoms with Gasteiger partial charge >= 0.3 is 0 Å². The minimum absolute atomic E-state index is 0.188. The average molecular weight is 473 g/mol. The lowest BCUT2D eigenvalue weighted by Crippen LogP contribution is -2.27. The number of rotatable bonds is 6. The van der Waals surface area contributed by atoms with Crippen molar-refractivity contribution in [2.75, 3.05) is 16.6 Å². The van der Waals surface area contributed by atoms with Gasteiger partial charge in [0.25, 0.3) is 0 Å². The first-order valence-corrected chi connectivity index (χ1v) is 12.7. The largest absolute Gasteiger partial charge is 0.342 e. The Labute approximate surface area is 191 Å². The summed E-state index contributed by atoms with van der Waals surface area (Å²) in [5.74, 6) is -0.0364. The van der Waals surface area contributed by atoms with Gasteiger partial charge in [0.2, 0.25) is 15.9 Å². The number of hydrogen-bond acceptors (Lipinski definition) is 4. The van der Waals surface area contributed by atoms with Gasteiger partial charge in [-0.1, -0.05) is 35.9 Å². The van der Waals surface area contributed by atoms with Crippen molar-refractivity contribution in [1.29, 1.82) is 0 Å². The van der Waals surface area contributed by atoms with Crippen LogP contribution in [0.3, 0.4) is 0 Å². The Kier molecular flexibility index (Phi) is 6.46. The standard InChI is InChI=1S/C23H21ClN2O3S2/c24-20-7-5-18(6-8-20)23(19-12-14-30-16-19)25-22(27)11-4-17-2-9-21(10-3-17)26-13-1-15-31(26,28)29/h2-12,14,16,23H,1,13,15H2,(H,25,27)/b11-4+. The second kappa shape index (κ2) is 9.26. The molecule has 1 aromatic heterocycles. The van der Waals surface area contributed by atoms with Crippen LogP contribution in [-0.2, 0) is 14.8 Å². The van der Waals surface area contributed by atoms with Gasteiger partial charge in [0.05, 0.1) is 17.5 Å². The summed E-state index contributed by atoms with van der Waals surface area (Å²) in [7, 11) is -3.20. The van der Waals surface area contributed by atoms with Crippen LogP contribution in [0, 0.1) is 0 Å². The van der Waals surface area contributed by atoms with Gasteiger partial charge in [-0.25, -0.2) is 8.42 Å². The van der Waals surface area contributed by atoms with Crippen molar-refractivity contribution in [3.8, 4) is 0 Å². The molecule has 2 heterocycles. The number of hydrogen-bond donors (Lipinski definition) is 1. The first kappa shape index (κ1) is 21.6. The van der Waals surface area contributed by atoms with Gasteiger partial charge in [-0.15, -0.1) is 0 Å². The number of carbonyl (C=O) groups is 1. The first-order chi connectivity index (χ1) is 14.9. The summed E-state index contributed by atoms with van der Waals surface area (Å²) in [5.41, 5.74) is 3.42. The van der Waals surface area contributed by atoms with Crippen molar-refractivity contribution in [1.82, 2.24) is 5.32 Å². The lowest BCUT2D eigenvalue weighted by Gasteiger charge is -2.18. The molecule has 0 saturated carbocycles. The summed E-state index contributed by atoms with van der Waals surface area (Å²) >= 11 is 7.57. The molecule has 1 amide bonds. The Morgan fingerprint density at radius 1 is 1.06 bits per heavy atom. The molecule has 1 N–H and O–H groups in total. The molecule has 2 aromatic carbocycles. The van der Waals surface area contributed by atoms with Crippen LogP contribution in [-0.4, -0.2) is 26.6 Å². The molecule has 1 atom stereocenters. The van der Waals surface area contributed by atoms with Gasteiger partial charge in [-0.2, -0.15) is 11.3 Å². The normalized spacial score (nSPS) is 16.5. The fraction of sp³-hybridized carbons (Fsp3) is 0.174. The van der Waals surface area contributed by atoms with Crippen LogP contribution < -0.4 is 9.62 Å². The molecule has 31 heavy (non-hydrogen) atoms. The number of nitrogens with one attached hydrogen (secondary N) is 1. The topological polar surface area (TPSA) is 66.5 Å². The maximum atomic E-state index is 12.6. The molecule has 160 valence electrons. The van der Waals surface area contributed by atoms with Gasteiger partial charge in [-0.3, -0.25) is 9.10 Å². The van der Waals surface area contributed by atoms with E-state index in [1.165, 1.54) is 10.4 Å². The molecule has 3 aromatic rings. The molecule has 1 saturated heterocycles. The van der Waals surface area contributed by atoms with Gasteiger partial charge in [0.1, 0.15) is 0 Å². The zero-order valence-corrected chi connectivity index (χ0v) is 19.0. The number of sulfonamides is 1. The van der Waals surface area contributed by atoms with E-state index in [0.717, 1.165) is 16.7 Å². The highest BCUT2D eigenvalue weighted by molar-refractivity contribution is 7.93. The molecule has 0 aliphatic carbocycles. The molecule has 1 fully saturated rings. The molecule has 4 rings (SSSR count). The lowest BCUT2D eigenvalue weighted by atomic mass is 10.0. The quantitative estimate of drug-likeness (QED) is 0.521. The Balaban J connectivity index is 1.46. The molecular weight excluding hydrogens is 452 g/mol. The number of amides is 1. The summed E-state index contributed by atoms with van der Waals surface area (Å²) < 4.78 is 25.5. The first-order valence-electron chi connectivity index (χ1n) is 9.79. The van der Waals surface area contributed by atoms with Crippen LogP contribution in [0.4, 0.5) is 5.69 Å². The fourth-order valence-corrected chi connectivity index (χ4v) is 5.87. The third-order valence-electron chi connectivity index (χ3n) is 5.07. The number of nitrogens with zero attached hydrogens (tertiary/aromatic N) is 1. The summed E-state index contributed by atoms with van der Waals surface area (Å²) in [6.45, 7) is 0.509. The van der Waals surface area contributed by atoms with E-state index in [2.05, 4.69) is 5.32 Å². The highest BCUT2D eigenvalue weighted by Crippen LogP contribution is 2.26. The zero-order valence-electron chi connectivity index (χ0n) is 16.6. The lowest BCUT2D eigenvalue weighted by molar-refractivity contribution is -0.116. The second-order valence-electron chi connectivity index (χ2n) is 7.22. The van der Waals surface area contributed by atoms with E-state index in [1.807, 2.05) is 41.1 Å². The third-order valence-corrected chi connectivity index (χ3v) is 7.90. The predicted octanol–water partition coefficient (Wildman–Crippen LogP) is 4.86. The molecule has 1 unspecified atom stereocenters. The summed E-state index contributed by atoms with van der Waals surface area (Å²) in [5, 5.41) is 7.67. The van der Waals surface area contributed by atoms with Crippen molar-refractivity contribution in [3.05, 3.63) is 93.1 Å². The Morgan fingerprint density at radius 2 is 1.81 bits per heavy atom. The summed E-state index contributed by atoms with van der Waals surface area (Å²) in [6.07, 6.45) is 3.84. The molecule has 5 nitrogen and oxygen atoms in total.